The lowest BCUT2D eigenvalue weighted by molar-refractivity contribution is -0.223. The second-order valence-corrected chi connectivity index (χ2v) is 7.96. The van der Waals surface area contributed by atoms with Crippen LogP contribution in [-0.2, 0) is 14.3 Å². The number of benzene rings is 1. The van der Waals surface area contributed by atoms with Gasteiger partial charge < -0.3 is 9.47 Å². The summed E-state index contributed by atoms with van der Waals surface area (Å²) in [5.74, 6) is -0.155. The number of halogens is 2. The first kappa shape index (κ1) is 21.0. The van der Waals surface area contributed by atoms with E-state index in [-0.39, 0.29) is 25.3 Å². The molecule has 6 nitrogen and oxygen atoms in total. The van der Waals surface area contributed by atoms with Gasteiger partial charge in [0, 0.05) is 10.0 Å². The Morgan fingerprint density at radius 3 is 2.71 bits per heavy atom. The van der Waals surface area contributed by atoms with Crippen molar-refractivity contribution in [1.82, 2.24) is 14.8 Å². The van der Waals surface area contributed by atoms with Gasteiger partial charge in [-0.05, 0) is 43.5 Å². The second kappa shape index (κ2) is 9.18. The number of ether oxygens (including phenoxy) is 2. The Hall–Kier alpha value is -1.73. The summed E-state index contributed by atoms with van der Waals surface area (Å²) in [7, 11) is 0. The molecule has 3 rings (SSSR count). The van der Waals surface area contributed by atoms with E-state index in [2.05, 4.69) is 17.0 Å². The van der Waals surface area contributed by atoms with Crippen LogP contribution < -0.4 is 0 Å². The Morgan fingerprint density at radius 1 is 1.36 bits per heavy atom. The summed E-state index contributed by atoms with van der Waals surface area (Å²) in [4.78, 5) is 17.4. The molecule has 0 unspecified atom stereocenters. The molecule has 2 heterocycles. The van der Waals surface area contributed by atoms with Gasteiger partial charge in [-0.1, -0.05) is 42.6 Å². The number of Topliss-reactive ketones (excluding diaryl/α,β-unsaturated/α-hetero) is 1. The van der Waals surface area contributed by atoms with Crippen LogP contribution in [-0.4, -0.2) is 40.1 Å². The van der Waals surface area contributed by atoms with E-state index in [4.69, 9.17) is 32.7 Å². The molecule has 1 aromatic carbocycles. The number of allylic oxidation sites excluding steroid dienone is 1. The Bertz CT molecular complexity index is 844. The normalized spacial score (nSPS) is 23.0. The monoisotopic (exact) mass is 423 g/mol. The van der Waals surface area contributed by atoms with Crippen molar-refractivity contribution in [3.63, 3.8) is 0 Å². The largest absolute Gasteiger partial charge is 0.352 e. The lowest BCUT2D eigenvalue weighted by atomic mass is 9.84. The van der Waals surface area contributed by atoms with Crippen molar-refractivity contribution in [2.75, 3.05) is 13.2 Å². The van der Waals surface area contributed by atoms with Crippen molar-refractivity contribution in [3.05, 3.63) is 46.5 Å². The van der Waals surface area contributed by atoms with Gasteiger partial charge in [-0.2, -0.15) is 5.10 Å². The molecule has 28 heavy (non-hydrogen) atoms. The lowest BCUT2D eigenvalue weighted by Crippen LogP contribution is -2.46. The molecule has 1 aliphatic heterocycles. The van der Waals surface area contributed by atoms with Gasteiger partial charge in [0.2, 0.25) is 0 Å². The van der Waals surface area contributed by atoms with Gasteiger partial charge in [0.05, 0.1) is 18.6 Å². The number of aromatic nitrogens is 3. The van der Waals surface area contributed by atoms with Crippen LogP contribution in [0, 0.1) is 5.41 Å². The zero-order chi connectivity index (χ0) is 20.1. The maximum Gasteiger partial charge on any atom is 0.191 e. The van der Waals surface area contributed by atoms with Crippen LogP contribution in [0.3, 0.4) is 0 Å². The fraction of sp³-hybridized carbons (Fsp3) is 0.450. The molecule has 0 amide bonds. The minimum atomic E-state index is -0.834. The Labute approximate surface area is 174 Å². The van der Waals surface area contributed by atoms with Crippen molar-refractivity contribution in [1.29, 1.82) is 0 Å². The molecule has 0 bridgehead atoms. The Kier molecular flexibility index (Phi) is 6.88. The summed E-state index contributed by atoms with van der Waals surface area (Å²) >= 11 is 12.3. The van der Waals surface area contributed by atoms with Crippen LogP contribution in [0.1, 0.15) is 38.7 Å². The highest BCUT2D eigenvalue weighted by Gasteiger charge is 2.41. The number of unbranched alkanes of at least 4 members (excludes halogenated alkanes) is 1. The molecule has 1 fully saturated rings. The summed E-state index contributed by atoms with van der Waals surface area (Å²) in [6, 6.07) is 5.10. The lowest BCUT2D eigenvalue weighted by Gasteiger charge is -2.36. The van der Waals surface area contributed by atoms with Crippen LogP contribution in [0.5, 0.6) is 0 Å². The fourth-order valence-corrected chi connectivity index (χ4v) is 3.42. The third kappa shape index (κ3) is 4.81. The van der Waals surface area contributed by atoms with Crippen molar-refractivity contribution >= 4 is 40.8 Å². The van der Waals surface area contributed by atoms with Gasteiger partial charge in [0.25, 0.3) is 0 Å². The molecule has 0 radical (unpaired) electrons. The number of carbonyl (C=O) groups is 1. The SMILES string of the molecule is CCCCC1OCC(C)(C(=O)C(=Cc2ccc(Cl)cc2Cl)n2cncn2)CO1. The van der Waals surface area contributed by atoms with E-state index in [1.54, 1.807) is 24.3 Å². The van der Waals surface area contributed by atoms with Gasteiger partial charge in [0.1, 0.15) is 18.4 Å². The maximum absolute atomic E-state index is 13.4. The third-order valence-electron chi connectivity index (χ3n) is 4.67. The Balaban J connectivity index is 1.87. The smallest absolute Gasteiger partial charge is 0.191 e. The van der Waals surface area contributed by atoms with Crippen molar-refractivity contribution in [2.24, 2.45) is 5.41 Å². The van der Waals surface area contributed by atoms with Gasteiger partial charge >= 0.3 is 0 Å². The minimum Gasteiger partial charge on any atom is -0.352 e. The number of rotatable bonds is 7. The maximum atomic E-state index is 13.4. The Morgan fingerprint density at radius 2 is 2.11 bits per heavy atom. The van der Waals surface area contributed by atoms with E-state index in [0.717, 1.165) is 19.3 Å². The topological polar surface area (TPSA) is 66.2 Å². The zero-order valence-electron chi connectivity index (χ0n) is 15.9. The highest BCUT2D eigenvalue weighted by atomic mass is 35.5. The van der Waals surface area contributed by atoms with Crippen molar-refractivity contribution < 1.29 is 14.3 Å². The minimum absolute atomic E-state index is 0.155. The van der Waals surface area contributed by atoms with Gasteiger partial charge in [-0.3, -0.25) is 4.79 Å². The van der Waals surface area contributed by atoms with E-state index >= 15 is 0 Å². The molecule has 1 aromatic heterocycles. The molecular weight excluding hydrogens is 401 g/mol. The van der Waals surface area contributed by atoms with Gasteiger partial charge in [-0.25, -0.2) is 9.67 Å². The van der Waals surface area contributed by atoms with Crippen molar-refractivity contribution in [3.8, 4) is 0 Å². The van der Waals surface area contributed by atoms with E-state index in [1.165, 1.54) is 17.3 Å². The van der Waals surface area contributed by atoms with E-state index in [9.17, 15) is 4.79 Å². The molecule has 0 saturated carbocycles. The predicted octanol–water partition coefficient (Wildman–Crippen LogP) is 4.72. The number of hydrogen-bond acceptors (Lipinski definition) is 5. The highest BCUT2D eigenvalue weighted by Crippen LogP contribution is 2.32. The van der Waals surface area contributed by atoms with E-state index in [0.29, 0.717) is 21.3 Å². The molecular formula is C20H23Cl2N3O3. The average Bonchev–Trinajstić information content (AvgIpc) is 3.21. The van der Waals surface area contributed by atoms with Gasteiger partial charge in [-0.15, -0.1) is 0 Å². The predicted molar refractivity (Wildman–Crippen MR) is 109 cm³/mol. The van der Waals surface area contributed by atoms with Crippen LogP contribution in [0.25, 0.3) is 11.8 Å². The molecule has 1 saturated heterocycles. The molecule has 2 aromatic rings. The number of nitrogens with zero attached hydrogens (tertiary/aromatic N) is 3. The quantitative estimate of drug-likeness (QED) is 0.602. The van der Waals surface area contributed by atoms with Gasteiger partial charge in [0.15, 0.2) is 12.1 Å². The van der Waals surface area contributed by atoms with Crippen LogP contribution in [0.2, 0.25) is 10.0 Å². The van der Waals surface area contributed by atoms with E-state index < -0.39 is 5.41 Å². The molecule has 1 aliphatic rings. The first-order chi connectivity index (χ1) is 13.4. The summed E-state index contributed by atoms with van der Waals surface area (Å²) in [6.45, 7) is 4.51. The third-order valence-corrected chi connectivity index (χ3v) is 5.23. The zero-order valence-corrected chi connectivity index (χ0v) is 17.4. The first-order valence-electron chi connectivity index (χ1n) is 9.23. The molecule has 0 spiro atoms. The summed E-state index contributed by atoms with van der Waals surface area (Å²) < 4.78 is 13.1. The number of ketones is 1. The van der Waals surface area contributed by atoms with Crippen molar-refractivity contribution in [2.45, 2.75) is 39.4 Å². The molecule has 0 N–H and O–H groups in total. The number of carbonyl (C=O) groups excluding carboxylic acids is 1. The summed E-state index contributed by atoms with van der Waals surface area (Å²) in [5.41, 5.74) is 0.162. The van der Waals surface area contributed by atoms with Crippen LogP contribution in [0.15, 0.2) is 30.9 Å². The molecule has 150 valence electrons. The second-order valence-electron chi connectivity index (χ2n) is 7.12. The first-order valence-corrected chi connectivity index (χ1v) is 9.98. The highest BCUT2D eigenvalue weighted by molar-refractivity contribution is 6.36. The molecule has 0 aliphatic carbocycles. The standard InChI is InChI=1S/C20H23Cl2N3O3/c1-3-4-5-18-27-10-20(2,11-28-18)19(26)17(25-13-23-12-24-25)8-14-6-7-15(21)9-16(14)22/h6-9,12-13,18H,3-5,10-11H2,1-2H3. The molecule has 0 atom stereocenters. The number of hydrogen-bond donors (Lipinski definition) is 0. The fourth-order valence-electron chi connectivity index (χ4n) is 2.96. The average molecular weight is 424 g/mol. The van der Waals surface area contributed by atoms with Crippen LogP contribution >= 0.6 is 23.2 Å². The van der Waals surface area contributed by atoms with E-state index in [1.807, 2.05) is 6.92 Å². The summed E-state index contributed by atoms with van der Waals surface area (Å²) in [6.07, 6.45) is 7.20. The van der Waals surface area contributed by atoms with Crippen LogP contribution in [0.4, 0.5) is 0 Å². The molecule has 8 heteroatoms. The summed E-state index contributed by atoms with van der Waals surface area (Å²) in [5, 5.41) is 5.09.